The third-order valence-corrected chi connectivity index (χ3v) is 4.78. The van der Waals surface area contributed by atoms with E-state index in [0.29, 0.717) is 13.1 Å². The average molecular weight is 373 g/mol. The van der Waals surface area contributed by atoms with Crippen molar-refractivity contribution in [3.05, 3.63) is 46.7 Å². The number of nitrogens with two attached hydrogens (primary N) is 1. The van der Waals surface area contributed by atoms with E-state index in [9.17, 15) is 8.42 Å². The zero-order valence-electron chi connectivity index (χ0n) is 11.4. The molecule has 0 atom stereocenters. The lowest BCUT2D eigenvalue weighted by atomic mass is 10.2. The van der Waals surface area contributed by atoms with Crippen LogP contribution in [0.1, 0.15) is 12.0 Å². The summed E-state index contributed by atoms with van der Waals surface area (Å²) in [6.07, 6.45) is 3.62. The highest BCUT2D eigenvalue weighted by atomic mass is 79.9. The van der Waals surface area contributed by atoms with E-state index in [1.807, 2.05) is 24.3 Å². The Morgan fingerprint density at radius 3 is 2.67 bits per heavy atom. The molecule has 21 heavy (non-hydrogen) atoms. The number of nitrogens with zero attached hydrogens (tertiary/aromatic N) is 2. The summed E-state index contributed by atoms with van der Waals surface area (Å²) >= 11 is 3.34. The lowest BCUT2D eigenvalue weighted by molar-refractivity contribution is 0.576. The number of hydrogen-bond acceptors (Lipinski definition) is 4. The largest absolute Gasteiger partial charge is 0.330 e. The van der Waals surface area contributed by atoms with Crippen LogP contribution in [0.4, 0.5) is 0 Å². The van der Waals surface area contributed by atoms with Crippen molar-refractivity contribution in [3.8, 4) is 0 Å². The van der Waals surface area contributed by atoms with Gasteiger partial charge >= 0.3 is 0 Å². The van der Waals surface area contributed by atoms with Gasteiger partial charge in [0.25, 0.3) is 0 Å². The first kappa shape index (κ1) is 16.2. The third kappa shape index (κ3) is 4.63. The van der Waals surface area contributed by atoms with Crippen molar-refractivity contribution in [2.45, 2.75) is 24.4 Å². The Morgan fingerprint density at radius 2 is 2.00 bits per heavy atom. The monoisotopic (exact) mass is 372 g/mol. The van der Waals surface area contributed by atoms with Crippen LogP contribution in [0.25, 0.3) is 0 Å². The first-order valence-corrected chi connectivity index (χ1v) is 8.75. The third-order valence-electron chi connectivity index (χ3n) is 2.89. The molecule has 114 valence electrons. The molecular weight excluding hydrogens is 356 g/mol. The van der Waals surface area contributed by atoms with E-state index in [4.69, 9.17) is 5.73 Å². The molecule has 1 aromatic heterocycles. The number of aromatic nitrogens is 2. The van der Waals surface area contributed by atoms with Gasteiger partial charge in [0.05, 0.1) is 6.20 Å². The molecule has 0 bridgehead atoms. The standard InChI is InChI=1S/C13H17BrN4O2S/c14-12-4-2-11(3-5-12)8-17-21(19,20)13-9-16-18(10-13)7-1-6-15/h2-5,9-10,17H,1,6-8,15H2. The van der Waals surface area contributed by atoms with Crippen LogP contribution in [0, 0.1) is 0 Å². The molecule has 0 amide bonds. The number of halogens is 1. The molecule has 3 N–H and O–H groups in total. The molecule has 2 rings (SSSR count). The maximum Gasteiger partial charge on any atom is 0.243 e. The van der Waals surface area contributed by atoms with E-state index in [1.54, 1.807) is 4.68 Å². The van der Waals surface area contributed by atoms with Gasteiger partial charge in [-0.2, -0.15) is 5.10 Å². The molecule has 0 saturated carbocycles. The first-order chi connectivity index (χ1) is 10.0. The number of hydrogen-bond donors (Lipinski definition) is 2. The molecule has 6 nitrogen and oxygen atoms in total. The molecule has 2 aromatic rings. The van der Waals surface area contributed by atoms with Crippen molar-refractivity contribution < 1.29 is 8.42 Å². The van der Waals surface area contributed by atoms with Gasteiger partial charge in [-0.1, -0.05) is 28.1 Å². The lowest BCUT2D eigenvalue weighted by Gasteiger charge is -2.05. The zero-order valence-corrected chi connectivity index (χ0v) is 13.8. The van der Waals surface area contributed by atoms with Gasteiger partial charge in [-0.25, -0.2) is 13.1 Å². The van der Waals surface area contributed by atoms with E-state index in [-0.39, 0.29) is 11.4 Å². The predicted octanol–water partition coefficient (Wildman–Crippen LogP) is 1.47. The minimum Gasteiger partial charge on any atom is -0.330 e. The van der Waals surface area contributed by atoms with Gasteiger partial charge in [-0.05, 0) is 30.7 Å². The zero-order chi connectivity index (χ0) is 15.3. The highest BCUT2D eigenvalue weighted by molar-refractivity contribution is 9.10. The number of rotatable bonds is 7. The minimum atomic E-state index is -3.55. The topological polar surface area (TPSA) is 90.0 Å². The van der Waals surface area contributed by atoms with Crippen molar-refractivity contribution in [3.63, 3.8) is 0 Å². The fourth-order valence-corrected chi connectivity index (χ4v) is 2.96. The van der Waals surface area contributed by atoms with Crippen molar-refractivity contribution in [2.75, 3.05) is 6.54 Å². The molecule has 0 saturated heterocycles. The van der Waals surface area contributed by atoms with Gasteiger partial charge in [-0.3, -0.25) is 4.68 Å². The number of nitrogens with one attached hydrogen (secondary N) is 1. The quantitative estimate of drug-likeness (QED) is 0.769. The van der Waals surface area contributed by atoms with Gasteiger partial charge in [0.1, 0.15) is 4.90 Å². The van der Waals surface area contributed by atoms with Crippen LogP contribution < -0.4 is 10.5 Å². The summed E-state index contributed by atoms with van der Waals surface area (Å²) in [5, 5.41) is 4.02. The maximum absolute atomic E-state index is 12.2. The molecule has 0 radical (unpaired) electrons. The second kappa shape index (κ2) is 7.17. The smallest absolute Gasteiger partial charge is 0.243 e. The highest BCUT2D eigenvalue weighted by Crippen LogP contribution is 2.12. The van der Waals surface area contributed by atoms with Gasteiger partial charge < -0.3 is 5.73 Å². The van der Waals surface area contributed by atoms with Gasteiger partial charge in [0, 0.05) is 23.8 Å². The summed E-state index contributed by atoms with van der Waals surface area (Å²) in [5.41, 5.74) is 6.30. The van der Waals surface area contributed by atoms with E-state index >= 15 is 0 Å². The van der Waals surface area contributed by atoms with E-state index in [1.165, 1.54) is 12.4 Å². The van der Waals surface area contributed by atoms with Gasteiger partial charge in [-0.15, -0.1) is 0 Å². The second-order valence-corrected chi connectivity index (χ2v) is 7.21. The van der Waals surface area contributed by atoms with Crippen LogP contribution in [0.3, 0.4) is 0 Å². The van der Waals surface area contributed by atoms with E-state index < -0.39 is 10.0 Å². The molecule has 8 heteroatoms. The Hall–Kier alpha value is -1.22. The number of sulfonamides is 1. The van der Waals surface area contributed by atoms with Crippen LogP contribution in [0.15, 0.2) is 46.0 Å². The Labute approximate surface area is 132 Å². The number of benzene rings is 1. The minimum absolute atomic E-state index is 0.164. The normalized spacial score (nSPS) is 11.7. The summed E-state index contributed by atoms with van der Waals surface area (Å²) in [6, 6.07) is 7.46. The molecular formula is C13H17BrN4O2S. The predicted molar refractivity (Wildman–Crippen MR) is 84.1 cm³/mol. The molecule has 0 unspecified atom stereocenters. The Bertz CT molecular complexity index is 682. The average Bonchev–Trinajstić information content (AvgIpc) is 2.94. The molecule has 1 heterocycles. The number of aryl methyl sites for hydroxylation is 1. The summed E-state index contributed by atoms with van der Waals surface area (Å²) in [7, 11) is -3.55. The fraction of sp³-hybridized carbons (Fsp3) is 0.308. The van der Waals surface area contributed by atoms with Crippen LogP contribution in [-0.2, 0) is 23.1 Å². The van der Waals surface area contributed by atoms with Crippen molar-refractivity contribution in [1.82, 2.24) is 14.5 Å². The second-order valence-electron chi connectivity index (χ2n) is 4.53. The van der Waals surface area contributed by atoms with E-state index in [0.717, 1.165) is 16.5 Å². The SMILES string of the molecule is NCCCn1cc(S(=O)(=O)NCc2ccc(Br)cc2)cn1. The Kier molecular flexibility index (Phi) is 5.51. The molecule has 0 spiro atoms. The fourth-order valence-electron chi connectivity index (χ4n) is 1.72. The summed E-state index contributed by atoms with van der Waals surface area (Å²) in [5.74, 6) is 0. The van der Waals surface area contributed by atoms with Crippen molar-refractivity contribution in [2.24, 2.45) is 5.73 Å². The summed E-state index contributed by atoms with van der Waals surface area (Å²) in [6.45, 7) is 1.39. The van der Waals surface area contributed by atoms with Gasteiger partial charge in [0.15, 0.2) is 0 Å². The Morgan fingerprint density at radius 1 is 1.29 bits per heavy atom. The lowest BCUT2D eigenvalue weighted by Crippen LogP contribution is -2.22. The van der Waals surface area contributed by atoms with Crippen LogP contribution >= 0.6 is 15.9 Å². The van der Waals surface area contributed by atoms with Crippen molar-refractivity contribution >= 4 is 26.0 Å². The molecule has 1 aromatic carbocycles. The van der Waals surface area contributed by atoms with Crippen LogP contribution in [-0.4, -0.2) is 24.7 Å². The molecule has 0 aliphatic carbocycles. The molecule has 0 aliphatic rings. The summed E-state index contributed by atoms with van der Waals surface area (Å²) in [4.78, 5) is 0.164. The highest BCUT2D eigenvalue weighted by Gasteiger charge is 2.16. The van der Waals surface area contributed by atoms with E-state index in [2.05, 4.69) is 25.8 Å². The molecule has 0 aliphatic heterocycles. The van der Waals surface area contributed by atoms with Crippen LogP contribution in [0.5, 0.6) is 0 Å². The molecule has 0 fully saturated rings. The summed E-state index contributed by atoms with van der Waals surface area (Å²) < 4.78 is 29.4. The van der Waals surface area contributed by atoms with Crippen molar-refractivity contribution in [1.29, 1.82) is 0 Å². The Balaban J connectivity index is 2.00. The first-order valence-electron chi connectivity index (χ1n) is 6.48. The van der Waals surface area contributed by atoms with Gasteiger partial charge in [0.2, 0.25) is 10.0 Å². The van der Waals surface area contributed by atoms with Crippen LogP contribution in [0.2, 0.25) is 0 Å². The maximum atomic E-state index is 12.2.